The average molecular weight is 485 g/mol. The van der Waals surface area contributed by atoms with Crippen molar-refractivity contribution in [1.82, 2.24) is 20.1 Å². The summed E-state index contributed by atoms with van der Waals surface area (Å²) in [6.07, 6.45) is 7.19. The van der Waals surface area contributed by atoms with Gasteiger partial charge in [0.1, 0.15) is 0 Å². The quantitative estimate of drug-likeness (QED) is 0.273. The first-order valence-corrected chi connectivity index (χ1v) is 12.8. The number of likely N-dealkylation sites (tertiary alicyclic amines) is 1. The topological polar surface area (TPSA) is 92.4 Å². The van der Waals surface area contributed by atoms with Crippen LogP contribution in [0.15, 0.2) is 65.2 Å². The Balaban J connectivity index is 1.36. The van der Waals surface area contributed by atoms with Crippen LogP contribution < -0.4 is 0 Å². The normalized spacial score (nSPS) is 15.1. The minimum Gasteiger partial charge on any atom is -0.481 e. The lowest BCUT2D eigenvalue weighted by atomic mass is 9.90. The highest BCUT2D eigenvalue weighted by molar-refractivity contribution is 5.94. The van der Waals surface area contributed by atoms with Crippen LogP contribution in [-0.2, 0) is 17.8 Å². The third kappa shape index (κ3) is 5.31. The zero-order valence-corrected chi connectivity index (χ0v) is 20.6. The molecule has 4 aromatic rings. The second kappa shape index (κ2) is 11.0. The van der Waals surface area contributed by atoms with Crippen LogP contribution in [0.5, 0.6) is 0 Å². The smallest absolute Gasteiger partial charge is 0.309 e. The number of rotatable bonds is 11. The van der Waals surface area contributed by atoms with E-state index < -0.39 is 5.97 Å². The number of hydrogen-bond donors (Lipinski definition) is 1. The second-order valence-corrected chi connectivity index (χ2v) is 9.71. The van der Waals surface area contributed by atoms with E-state index in [0.717, 1.165) is 28.5 Å². The zero-order valence-electron chi connectivity index (χ0n) is 20.6. The number of aliphatic carboxylic acids is 1. The number of carbonyl (C=O) groups is 1. The van der Waals surface area contributed by atoms with Gasteiger partial charge < -0.3 is 9.52 Å². The molecule has 0 saturated carbocycles. The molecule has 2 aromatic carbocycles. The van der Waals surface area contributed by atoms with Crippen molar-refractivity contribution in [3.63, 3.8) is 0 Å². The number of carboxylic acid groups (broad SMARTS) is 1. The van der Waals surface area contributed by atoms with Gasteiger partial charge in [-0.2, -0.15) is 0 Å². The van der Waals surface area contributed by atoms with E-state index in [-0.39, 0.29) is 5.92 Å². The van der Waals surface area contributed by atoms with E-state index in [1.165, 1.54) is 24.8 Å². The Morgan fingerprint density at radius 1 is 1.08 bits per heavy atom. The zero-order chi connectivity index (χ0) is 24.9. The van der Waals surface area contributed by atoms with Crippen molar-refractivity contribution >= 4 is 16.9 Å². The van der Waals surface area contributed by atoms with Gasteiger partial charge in [-0.25, -0.2) is 0 Å². The van der Waals surface area contributed by atoms with Gasteiger partial charge in [-0.05, 0) is 35.6 Å². The summed E-state index contributed by atoms with van der Waals surface area (Å²) in [7, 11) is 0. The first-order chi connectivity index (χ1) is 17.6. The molecular formula is C29H32N4O3. The second-order valence-electron chi connectivity index (χ2n) is 9.71. The molecule has 5 rings (SSSR count). The van der Waals surface area contributed by atoms with E-state index in [0.29, 0.717) is 43.8 Å². The highest BCUT2D eigenvalue weighted by Gasteiger charge is 2.32. The van der Waals surface area contributed by atoms with Crippen LogP contribution in [0.2, 0.25) is 0 Å². The summed E-state index contributed by atoms with van der Waals surface area (Å²) in [6, 6.07) is 18.6. The molecule has 1 saturated heterocycles. The van der Waals surface area contributed by atoms with Crippen LogP contribution in [0.1, 0.15) is 55.5 Å². The lowest BCUT2D eigenvalue weighted by Gasteiger charge is -2.36. The molecule has 7 nitrogen and oxygen atoms in total. The fourth-order valence-corrected chi connectivity index (χ4v) is 5.05. The minimum atomic E-state index is -0.725. The van der Waals surface area contributed by atoms with E-state index in [1.807, 2.05) is 30.3 Å². The number of fused-ring (bicyclic) bond motifs is 1. The number of carboxylic acids is 1. The molecule has 1 aliphatic heterocycles. The van der Waals surface area contributed by atoms with Crippen LogP contribution in [0.3, 0.4) is 0 Å². The molecule has 0 radical (unpaired) electrons. The van der Waals surface area contributed by atoms with Gasteiger partial charge in [-0.15, -0.1) is 10.2 Å². The number of nitrogens with zero attached hydrogens (tertiary/aromatic N) is 4. The van der Waals surface area contributed by atoms with Gasteiger partial charge in [-0.3, -0.25) is 14.7 Å². The van der Waals surface area contributed by atoms with Gasteiger partial charge in [0.2, 0.25) is 11.8 Å². The number of benzene rings is 2. The standard InChI is InChI=1S/C29H32N4O3/c1-2-3-5-11-21(20-9-6-4-7-10-20)16-26-31-32-28(36-26)25-14-13-22(27-24(25)12-8-15-30-27)17-33-18-23(19-33)29(34)35/h4,6-10,12-15,21,23H,2-3,5,11,16-19H2,1H3,(H,34,35). The maximum atomic E-state index is 11.1. The van der Waals surface area contributed by atoms with Crippen molar-refractivity contribution in [2.45, 2.75) is 51.5 Å². The predicted molar refractivity (Wildman–Crippen MR) is 138 cm³/mol. The fourth-order valence-electron chi connectivity index (χ4n) is 5.05. The molecule has 0 aliphatic carbocycles. The summed E-state index contributed by atoms with van der Waals surface area (Å²) >= 11 is 0. The summed E-state index contributed by atoms with van der Waals surface area (Å²) < 4.78 is 6.20. The lowest BCUT2D eigenvalue weighted by Crippen LogP contribution is -2.49. The first kappa shape index (κ1) is 24.1. The number of pyridine rings is 1. The molecule has 0 amide bonds. The SMILES string of the molecule is CCCCCC(Cc1nnc(-c2ccc(CN3CC(C(=O)O)C3)c3ncccc23)o1)c1ccccc1. The Bertz CT molecular complexity index is 1310. The summed E-state index contributed by atoms with van der Waals surface area (Å²) in [5, 5.41) is 18.9. The molecule has 36 heavy (non-hydrogen) atoms. The largest absolute Gasteiger partial charge is 0.481 e. The number of hydrogen-bond acceptors (Lipinski definition) is 6. The fraction of sp³-hybridized carbons (Fsp3) is 0.379. The van der Waals surface area contributed by atoms with Gasteiger partial charge in [-0.1, -0.05) is 68.7 Å². The molecule has 186 valence electrons. The molecule has 1 aliphatic rings. The van der Waals surface area contributed by atoms with Gasteiger partial charge in [0.25, 0.3) is 0 Å². The van der Waals surface area contributed by atoms with Crippen LogP contribution in [0.4, 0.5) is 0 Å². The number of aromatic nitrogens is 3. The molecule has 0 bridgehead atoms. The summed E-state index contributed by atoms with van der Waals surface area (Å²) in [5.41, 5.74) is 4.13. The van der Waals surface area contributed by atoms with Crippen molar-refractivity contribution in [1.29, 1.82) is 0 Å². The minimum absolute atomic E-state index is 0.276. The Hall–Kier alpha value is -3.58. The molecule has 1 unspecified atom stereocenters. The van der Waals surface area contributed by atoms with Crippen molar-refractivity contribution in [2.24, 2.45) is 5.92 Å². The lowest BCUT2D eigenvalue weighted by molar-refractivity contribution is -0.147. The Kier molecular flexibility index (Phi) is 7.37. The average Bonchev–Trinajstić information content (AvgIpc) is 3.34. The van der Waals surface area contributed by atoms with E-state index in [1.54, 1.807) is 6.20 Å². The van der Waals surface area contributed by atoms with Gasteiger partial charge in [0, 0.05) is 43.2 Å². The highest BCUT2D eigenvalue weighted by atomic mass is 16.4. The van der Waals surface area contributed by atoms with E-state index in [9.17, 15) is 4.79 Å². The highest BCUT2D eigenvalue weighted by Crippen LogP contribution is 2.32. The summed E-state index contributed by atoms with van der Waals surface area (Å²) in [6.45, 7) is 4.03. The van der Waals surface area contributed by atoms with Crippen LogP contribution in [-0.4, -0.2) is 44.2 Å². The van der Waals surface area contributed by atoms with E-state index >= 15 is 0 Å². The first-order valence-electron chi connectivity index (χ1n) is 12.8. The number of unbranched alkanes of at least 4 members (excludes halogenated alkanes) is 2. The Morgan fingerprint density at radius 3 is 2.69 bits per heavy atom. The Morgan fingerprint density at radius 2 is 1.92 bits per heavy atom. The predicted octanol–water partition coefficient (Wildman–Crippen LogP) is 5.71. The molecule has 1 N–H and O–H groups in total. The molecule has 7 heteroatoms. The van der Waals surface area contributed by atoms with Crippen molar-refractivity contribution < 1.29 is 14.3 Å². The third-order valence-corrected chi connectivity index (χ3v) is 7.10. The van der Waals surface area contributed by atoms with E-state index in [2.05, 4.69) is 51.3 Å². The monoisotopic (exact) mass is 484 g/mol. The van der Waals surface area contributed by atoms with E-state index in [4.69, 9.17) is 9.52 Å². The molecule has 0 spiro atoms. The summed E-state index contributed by atoms with van der Waals surface area (Å²) in [4.78, 5) is 17.9. The molecule has 2 aromatic heterocycles. The van der Waals surface area contributed by atoms with Gasteiger partial charge in [0.15, 0.2) is 0 Å². The van der Waals surface area contributed by atoms with Gasteiger partial charge in [0.05, 0.1) is 11.4 Å². The van der Waals surface area contributed by atoms with Crippen molar-refractivity contribution in [3.05, 3.63) is 77.8 Å². The maximum Gasteiger partial charge on any atom is 0.309 e. The van der Waals surface area contributed by atoms with Crippen LogP contribution in [0, 0.1) is 5.92 Å². The summed E-state index contributed by atoms with van der Waals surface area (Å²) in [5.74, 6) is 0.498. The molecular weight excluding hydrogens is 452 g/mol. The maximum absolute atomic E-state index is 11.1. The Labute approximate surface area is 211 Å². The third-order valence-electron chi connectivity index (χ3n) is 7.10. The van der Waals surface area contributed by atoms with Crippen LogP contribution in [0.25, 0.3) is 22.4 Å². The van der Waals surface area contributed by atoms with Crippen molar-refractivity contribution in [3.8, 4) is 11.5 Å². The molecule has 1 atom stereocenters. The van der Waals surface area contributed by atoms with Gasteiger partial charge >= 0.3 is 5.97 Å². The molecule has 1 fully saturated rings. The van der Waals surface area contributed by atoms with Crippen LogP contribution >= 0.6 is 0 Å². The molecule has 3 heterocycles. The van der Waals surface area contributed by atoms with Crippen molar-refractivity contribution in [2.75, 3.05) is 13.1 Å².